The number of rotatable bonds is 7. The van der Waals surface area contributed by atoms with Crippen molar-refractivity contribution in [1.29, 1.82) is 0 Å². The molecule has 0 aliphatic rings. The molecule has 0 radical (unpaired) electrons. The van der Waals surface area contributed by atoms with Crippen LogP contribution in [0.3, 0.4) is 0 Å². The van der Waals surface area contributed by atoms with Gasteiger partial charge in [0, 0.05) is 24.8 Å². The summed E-state index contributed by atoms with van der Waals surface area (Å²) in [5.41, 5.74) is 0.777. The quantitative estimate of drug-likeness (QED) is 0.472. The highest BCUT2D eigenvalue weighted by Crippen LogP contribution is 2.11. The lowest BCUT2D eigenvalue weighted by Gasteiger charge is -2.04. The van der Waals surface area contributed by atoms with Gasteiger partial charge in [0.2, 0.25) is 0 Å². The maximum atomic E-state index is 11.4. The fourth-order valence-electron chi connectivity index (χ4n) is 1.30. The summed E-state index contributed by atoms with van der Waals surface area (Å²) in [5, 5.41) is 3.12. The molecular weight excluding hydrogens is 282 g/mol. The SMILES string of the molecule is COCCNC(=O)COC(=O)/C=C/c1cccc(Cl)c1. The van der Waals surface area contributed by atoms with Gasteiger partial charge in [0.15, 0.2) is 6.61 Å². The Morgan fingerprint density at radius 1 is 1.40 bits per heavy atom. The fraction of sp³-hybridized carbons (Fsp3) is 0.286. The Morgan fingerprint density at radius 2 is 2.20 bits per heavy atom. The molecule has 5 nitrogen and oxygen atoms in total. The monoisotopic (exact) mass is 297 g/mol. The molecule has 0 heterocycles. The van der Waals surface area contributed by atoms with Gasteiger partial charge in [0.25, 0.3) is 5.91 Å². The second kappa shape index (κ2) is 9.12. The number of carbonyl (C=O) groups excluding carboxylic acids is 2. The highest BCUT2D eigenvalue weighted by atomic mass is 35.5. The average molecular weight is 298 g/mol. The summed E-state index contributed by atoms with van der Waals surface area (Å²) < 4.78 is 9.55. The van der Waals surface area contributed by atoms with Crippen molar-refractivity contribution in [3.05, 3.63) is 40.9 Å². The topological polar surface area (TPSA) is 64.6 Å². The molecular formula is C14H16ClNO4. The van der Waals surface area contributed by atoms with Crippen LogP contribution in [0.4, 0.5) is 0 Å². The Balaban J connectivity index is 2.31. The van der Waals surface area contributed by atoms with E-state index in [0.29, 0.717) is 18.2 Å². The van der Waals surface area contributed by atoms with Crippen LogP contribution in [0, 0.1) is 0 Å². The van der Waals surface area contributed by atoms with Gasteiger partial charge in [-0.15, -0.1) is 0 Å². The molecule has 1 rings (SSSR count). The van der Waals surface area contributed by atoms with Crippen LogP contribution in [-0.2, 0) is 19.1 Å². The number of methoxy groups -OCH3 is 1. The van der Waals surface area contributed by atoms with E-state index in [-0.39, 0.29) is 12.5 Å². The van der Waals surface area contributed by atoms with Gasteiger partial charge < -0.3 is 14.8 Å². The summed E-state index contributed by atoms with van der Waals surface area (Å²) in [6, 6.07) is 7.02. The minimum absolute atomic E-state index is 0.317. The number of hydrogen-bond donors (Lipinski definition) is 1. The Hall–Kier alpha value is -1.85. The lowest BCUT2D eigenvalue weighted by Crippen LogP contribution is -2.31. The first-order valence-electron chi connectivity index (χ1n) is 5.98. The van der Waals surface area contributed by atoms with Crippen LogP contribution in [0.5, 0.6) is 0 Å². The van der Waals surface area contributed by atoms with E-state index in [1.807, 2.05) is 0 Å². The molecule has 0 aromatic heterocycles. The van der Waals surface area contributed by atoms with E-state index in [1.165, 1.54) is 13.2 Å². The van der Waals surface area contributed by atoms with Crippen LogP contribution in [0.25, 0.3) is 6.08 Å². The van der Waals surface area contributed by atoms with Gasteiger partial charge in [0.05, 0.1) is 6.61 Å². The maximum absolute atomic E-state index is 11.4. The summed E-state index contributed by atoms with van der Waals surface area (Å²) in [7, 11) is 1.53. The zero-order valence-corrected chi connectivity index (χ0v) is 11.9. The van der Waals surface area contributed by atoms with E-state index in [2.05, 4.69) is 5.32 Å². The third-order valence-electron chi connectivity index (χ3n) is 2.23. The molecule has 1 N–H and O–H groups in total. The number of halogens is 1. The first kappa shape index (κ1) is 16.2. The van der Waals surface area contributed by atoms with E-state index in [0.717, 1.165) is 5.56 Å². The Kier molecular flexibility index (Phi) is 7.39. The molecule has 20 heavy (non-hydrogen) atoms. The largest absolute Gasteiger partial charge is 0.452 e. The Bertz CT molecular complexity index is 488. The minimum atomic E-state index is -0.591. The van der Waals surface area contributed by atoms with E-state index >= 15 is 0 Å². The molecule has 1 aromatic carbocycles. The number of nitrogens with one attached hydrogen (secondary N) is 1. The predicted octanol–water partition coefficient (Wildman–Crippen LogP) is 1.66. The number of hydrogen-bond acceptors (Lipinski definition) is 4. The zero-order valence-electron chi connectivity index (χ0n) is 11.1. The van der Waals surface area contributed by atoms with E-state index < -0.39 is 5.97 Å². The second-order valence-corrected chi connectivity index (χ2v) is 4.28. The first-order valence-corrected chi connectivity index (χ1v) is 6.35. The Morgan fingerprint density at radius 3 is 2.90 bits per heavy atom. The second-order valence-electron chi connectivity index (χ2n) is 3.84. The number of carbonyl (C=O) groups is 2. The van der Waals surface area contributed by atoms with Gasteiger partial charge in [-0.1, -0.05) is 23.7 Å². The third-order valence-corrected chi connectivity index (χ3v) is 2.47. The molecule has 0 saturated heterocycles. The van der Waals surface area contributed by atoms with Crippen LogP contribution in [-0.4, -0.2) is 38.7 Å². The first-order chi connectivity index (χ1) is 9.61. The van der Waals surface area contributed by atoms with Crippen molar-refractivity contribution in [1.82, 2.24) is 5.32 Å². The molecule has 0 bridgehead atoms. The molecule has 1 amide bonds. The van der Waals surface area contributed by atoms with Gasteiger partial charge in [-0.25, -0.2) is 4.79 Å². The molecule has 0 saturated carbocycles. The smallest absolute Gasteiger partial charge is 0.331 e. The van der Waals surface area contributed by atoms with Gasteiger partial charge >= 0.3 is 5.97 Å². The predicted molar refractivity (Wildman–Crippen MR) is 76.3 cm³/mol. The highest BCUT2D eigenvalue weighted by Gasteiger charge is 2.04. The standard InChI is InChI=1S/C14H16ClNO4/c1-19-8-7-16-13(17)10-20-14(18)6-5-11-3-2-4-12(15)9-11/h2-6,9H,7-8,10H2,1H3,(H,16,17)/b6-5+. The minimum Gasteiger partial charge on any atom is -0.452 e. The van der Waals surface area contributed by atoms with Crippen LogP contribution < -0.4 is 5.32 Å². The Labute approximate surface area is 122 Å². The van der Waals surface area contributed by atoms with E-state index in [4.69, 9.17) is 21.1 Å². The lowest BCUT2D eigenvalue weighted by molar-refractivity contribution is -0.143. The van der Waals surface area contributed by atoms with Crippen molar-refractivity contribution >= 4 is 29.6 Å². The van der Waals surface area contributed by atoms with Gasteiger partial charge in [-0.05, 0) is 23.8 Å². The molecule has 0 aliphatic heterocycles. The molecule has 0 aliphatic carbocycles. The zero-order chi connectivity index (χ0) is 14.8. The summed E-state index contributed by atoms with van der Waals surface area (Å²) in [5.74, 6) is -0.960. The van der Waals surface area contributed by atoms with E-state index in [1.54, 1.807) is 30.3 Å². The maximum Gasteiger partial charge on any atom is 0.331 e. The van der Waals surface area contributed by atoms with Crippen molar-refractivity contribution < 1.29 is 19.1 Å². The van der Waals surface area contributed by atoms with Crippen molar-refractivity contribution in [2.45, 2.75) is 0 Å². The molecule has 108 valence electrons. The molecule has 0 unspecified atom stereocenters. The summed E-state index contributed by atoms with van der Waals surface area (Å²) >= 11 is 5.81. The number of esters is 1. The third kappa shape index (κ3) is 6.92. The fourth-order valence-corrected chi connectivity index (χ4v) is 1.50. The van der Waals surface area contributed by atoms with Gasteiger partial charge in [0.1, 0.15) is 0 Å². The van der Waals surface area contributed by atoms with Gasteiger partial charge in [-0.2, -0.15) is 0 Å². The van der Waals surface area contributed by atoms with Crippen molar-refractivity contribution in [2.75, 3.05) is 26.9 Å². The van der Waals surface area contributed by atoms with Crippen molar-refractivity contribution in [3.8, 4) is 0 Å². The molecule has 0 atom stereocenters. The van der Waals surface area contributed by atoms with Crippen LogP contribution >= 0.6 is 11.6 Å². The molecule has 1 aromatic rings. The molecule has 0 fully saturated rings. The summed E-state index contributed by atoms with van der Waals surface area (Å²) in [4.78, 5) is 22.6. The van der Waals surface area contributed by atoms with Crippen LogP contribution in [0.2, 0.25) is 5.02 Å². The normalized spacial score (nSPS) is 10.5. The van der Waals surface area contributed by atoms with Crippen LogP contribution in [0.1, 0.15) is 5.56 Å². The summed E-state index contributed by atoms with van der Waals surface area (Å²) in [6.07, 6.45) is 2.81. The lowest BCUT2D eigenvalue weighted by atomic mass is 10.2. The number of amides is 1. The van der Waals surface area contributed by atoms with E-state index in [9.17, 15) is 9.59 Å². The van der Waals surface area contributed by atoms with Crippen LogP contribution in [0.15, 0.2) is 30.3 Å². The van der Waals surface area contributed by atoms with Crippen molar-refractivity contribution in [2.24, 2.45) is 0 Å². The molecule has 6 heteroatoms. The number of benzene rings is 1. The summed E-state index contributed by atoms with van der Waals surface area (Å²) in [6.45, 7) is 0.474. The average Bonchev–Trinajstić information content (AvgIpc) is 2.43. The number of ether oxygens (including phenoxy) is 2. The van der Waals surface area contributed by atoms with Gasteiger partial charge in [-0.3, -0.25) is 4.79 Å². The highest BCUT2D eigenvalue weighted by molar-refractivity contribution is 6.30. The molecule has 0 spiro atoms. The van der Waals surface area contributed by atoms with Crippen molar-refractivity contribution in [3.63, 3.8) is 0 Å².